The monoisotopic (exact) mass is 353 g/mol. The Morgan fingerprint density at radius 2 is 1.86 bits per heavy atom. The second-order valence-corrected chi connectivity index (χ2v) is 6.83. The van der Waals surface area contributed by atoms with Gasteiger partial charge in [0, 0.05) is 32.7 Å². The predicted molar refractivity (Wildman–Crippen MR) is 88.5 cm³/mol. The molecule has 2 aromatic carbocycles. The number of rotatable bonds is 4. The quantitative estimate of drug-likeness (QED) is 0.531. The summed E-state index contributed by atoms with van der Waals surface area (Å²) >= 11 is 8.70. The Labute approximate surface area is 140 Å². The maximum Gasteiger partial charge on any atom is 0.139 e. The Hall–Kier alpha value is -1.43. The van der Waals surface area contributed by atoms with Gasteiger partial charge in [0.25, 0.3) is 0 Å². The molecule has 0 spiro atoms. The van der Waals surface area contributed by atoms with Crippen molar-refractivity contribution in [1.82, 2.24) is 4.98 Å². The van der Waals surface area contributed by atoms with E-state index in [0.29, 0.717) is 15.7 Å². The lowest BCUT2D eigenvalue weighted by atomic mass is 10.2. The molecule has 0 bridgehead atoms. The summed E-state index contributed by atoms with van der Waals surface area (Å²) in [5.41, 5.74) is 1.86. The van der Waals surface area contributed by atoms with Crippen molar-refractivity contribution >= 4 is 34.7 Å². The molecule has 1 heterocycles. The molecule has 0 fully saturated rings. The van der Waals surface area contributed by atoms with Gasteiger partial charge in [-0.1, -0.05) is 23.7 Å². The number of hydrogen-bond donors (Lipinski definition) is 0. The van der Waals surface area contributed by atoms with E-state index in [1.165, 1.54) is 35.2 Å². The van der Waals surface area contributed by atoms with Gasteiger partial charge in [-0.25, -0.2) is 13.8 Å². The van der Waals surface area contributed by atoms with Crippen LogP contribution in [0.2, 0.25) is 5.02 Å². The summed E-state index contributed by atoms with van der Waals surface area (Å²) < 4.78 is 26.4. The van der Waals surface area contributed by atoms with Crippen molar-refractivity contribution < 1.29 is 8.78 Å². The normalized spacial score (nSPS) is 10.9. The van der Waals surface area contributed by atoms with Gasteiger partial charge in [-0.05, 0) is 24.3 Å². The van der Waals surface area contributed by atoms with Gasteiger partial charge in [0.05, 0.1) is 5.69 Å². The molecule has 1 nitrogen and oxygen atoms in total. The van der Waals surface area contributed by atoms with Crippen LogP contribution in [0, 0.1) is 11.6 Å². The fourth-order valence-corrected chi connectivity index (χ4v) is 3.71. The second kappa shape index (κ2) is 6.77. The summed E-state index contributed by atoms with van der Waals surface area (Å²) in [5, 5.41) is 3.52. The Morgan fingerprint density at radius 1 is 1.09 bits per heavy atom. The van der Waals surface area contributed by atoms with E-state index in [9.17, 15) is 8.78 Å². The molecule has 1 aromatic heterocycles. The van der Waals surface area contributed by atoms with Crippen LogP contribution < -0.4 is 0 Å². The molecule has 0 unspecified atom stereocenters. The fraction of sp³-hybridized carbons (Fsp3) is 0.0625. The van der Waals surface area contributed by atoms with Gasteiger partial charge in [0.2, 0.25) is 0 Å². The zero-order valence-electron chi connectivity index (χ0n) is 11.2. The molecule has 112 valence electrons. The van der Waals surface area contributed by atoms with Crippen molar-refractivity contribution in [2.75, 3.05) is 0 Å². The van der Waals surface area contributed by atoms with Crippen molar-refractivity contribution in [2.24, 2.45) is 0 Å². The zero-order chi connectivity index (χ0) is 15.5. The van der Waals surface area contributed by atoms with E-state index >= 15 is 0 Å². The van der Waals surface area contributed by atoms with Crippen LogP contribution in [-0.2, 0) is 5.75 Å². The molecule has 0 amide bonds. The van der Waals surface area contributed by atoms with Crippen LogP contribution in [0.4, 0.5) is 8.78 Å². The number of halogens is 3. The average Bonchev–Trinajstić information content (AvgIpc) is 2.96. The molecule has 0 atom stereocenters. The summed E-state index contributed by atoms with van der Waals surface area (Å²) in [6.45, 7) is 0. The molecule has 0 saturated heterocycles. The van der Waals surface area contributed by atoms with E-state index in [1.54, 1.807) is 0 Å². The first kappa shape index (κ1) is 15.5. The molecule has 3 aromatic rings. The number of nitrogens with zero attached hydrogens (tertiary/aromatic N) is 1. The van der Waals surface area contributed by atoms with Gasteiger partial charge >= 0.3 is 0 Å². The van der Waals surface area contributed by atoms with Gasteiger partial charge in [-0.3, -0.25) is 0 Å². The highest BCUT2D eigenvalue weighted by Crippen LogP contribution is 2.29. The van der Waals surface area contributed by atoms with Gasteiger partial charge < -0.3 is 0 Å². The minimum atomic E-state index is -0.569. The highest BCUT2D eigenvalue weighted by atomic mass is 35.5. The summed E-state index contributed by atoms with van der Waals surface area (Å²) in [5.74, 6) is -0.578. The van der Waals surface area contributed by atoms with E-state index in [4.69, 9.17) is 11.6 Å². The van der Waals surface area contributed by atoms with E-state index in [-0.39, 0.29) is 0 Å². The Bertz CT molecular complexity index is 787. The minimum Gasteiger partial charge on any atom is -0.240 e. The third-order valence-corrected chi connectivity index (χ3v) is 5.19. The molecule has 0 radical (unpaired) electrons. The Kier molecular flexibility index (Phi) is 4.76. The van der Waals surface area contributed by atoms with Gasteiger partial charge in [-0.15, -0.1) is 23.1 Å². The maximum absolute atomic E-state index is 13.6. The second-order valence-electron chi connectivity index (χ2n) is 4.51. The van der Waals surface area contributed by atoms with E-state index in [0.717, 1.165) is 22.3 Å². The molecule has 0 aliphatic heterocycles. The SMILES string of the molecule is Fc1ccc(SCc2csc(-c3ccc(Cl)cc3)n2)c(F)c1. The van der Waals surface area contributed by atoms with Gasteiger partial charge in [-0.2, -0.15) is 0 Å². The lowest BCUT2D eigenvalue weighted by Crippen LogP contribution is -1.86. The molecular formula is C16H10ClF2NS2. The molecule has 6 heteroatoms. The van der Waals surface area contributed by atoms with Crippen LogP contribution in [0.3, 0.4) is 0 Å². The largest absolute Gasteiger partial charge is 0.240 e. The van der Waals surface area contributed by atoms with Crippen LogP contribution >= 0.6 is 34.7 Å². The van der Waals surface area contributed by atoms with Gasteiger partial charge in [0.1, 0.15) is 16.6 Å². The smallest absolute Gasteiger partial charge is 0.139 e. The summed E-state index contributed by atoms with van der Waals surface area (Å²) in [4.78, 5) is 4.95. The molecule has 0 N–H and O–H groups in total. The summed E-state index contributed by atoms with van der Waals surface area (Å²) in [6.07, 6.45) is 0. The molecule has 0 aliphatic rings. The molecular weight excluding hydrogens is 344 g/mol. The summed E-state index contributed by atoms with van der Waals surface area (Å²) in [6, 6.07) is 11.1. The number of thiazole rings is 1. The lowest BCUT2D eigenvalue weighted by Gasteiger charge is -2.01. The van der Waals surface area contributed by atoms with E-state index in [1.807, 2.05) is 29.6 Å². The van der Waals surface area contributed by atoms with E-state index < -0.39 is 11.6 Å². The number of aromatic nitrogens is 1. The number of hydrogen-bond acceptors (Lipinski definition) is 3. The standard InChI is InChI=1S/C16H10ClF2NS2/c17-11-3-1-10(2-4-11)16-20-13(9-22-16)8-21-15-6-5-12(18)7-14(15)19/h1-7,9H,8H2. The maximum atomic E-state index is 13.6. The van der Waals surface area contributed by atoms with E-state index in [2.05, 4.69) is 4.98 Å². The molecule has 0 aliphatic carbocycles. The van der Waals surface area contributed by atoms with Crippen LogP contribution in [0.25, 0.3) is 10.6 Å². The Balaban J connectivity index is 1.70. The zero-order valence-corrected chi connectivity index (χ0v) is 13.6. The number of thioether (sulfide) groups is 1. The van der Waals surface area contributed by atoms with Crippen molar-refractivity contribution in [2.45, 2.75) is 10.6 Å². The topological polar surface area (TPSA) is 12.9 Å². The summed E-state index contributed by atoms with van der Waals surface area (Å²) in [7, 11) is 0. The molecule has 3 rings (SSSR count). The first-order valence-corrected chi connectivity index (χ1v) is 8.64. The highest BCUT2D eigenvalue weighted by Gasteiger charge is 2.08. The van der Waals surface area contributed by atoms with Crippen molar-refractivity contribution in [3.8, 4) is 10.6 Å². The van der Waals surface area contributed by atoms with Crippen LogP contribution in [-0.4, -0.2) is 4.98 Å². The Morgan fingerprint density at radius 3 is 2.59 bits per heavy atom. The first-order valence-electron chi connectivity index (χ1n) is 6.40. The fourth-order valence-electron chi connectivity index (χ4n) is 1.84. The predicted octanol–water partition coefficient (Wildman–Crippen LogP) is 6.03. The van der Waals surface area contributed by atoms with Crippen LogP contribution in [0.1, 0.15) is 5.69 Å². The van der Waals surface area contributed by atoms with Crippen molar-refractivity contribution in [1.29, 1.82) is 0 Å². The van der Waals surface area contributed by atoms with Crippen LogP contribution in [0.5, 0.6) is 0 Å². The minimum absolute atomic E-state index is 0.419. The number of benzene rings is 2. The van der Waals surface area contributed by atoms with Crippen molar-refractivity contribution in [3.63, 3.8) is 0 Å². The third kappa shape index (κ3) is 3.66. The first-order chi connectivity index (χ1) is 10.6. The molecule has 22 heavy (non-hydrogen) atoms. The van der Waals surface area contributed by atoms with Gasteiger partial charge in [0.15, 0.2) is 0 Å². The lowest BCUT2D eigenvalue weighted by molar-refractivity contribution is 0.565. The van der Waals surface area contributed by atoms with Crippen LogP contribution in [0.15, 0.2) is 52.7 Å². The third-order valence-electron chi connectivity index (χ3n) is 2.91. The molecule has 0 saturated carbocycles. The average molecular weight is 354 g/mol. The highest BCUT2D eigenvalue weighted by molar-refractivity contribution is 7.98. The van der Waals surface area contributed by atoms with Crippen molar-refractivity contribution in [3.05, 3.63) is 70.2 Å².